The lowest BCUT2D eigenvalue weighted by Crippen LogP contribution is -2.33. The molecule has 0 radical (unpaired) electrons. The van der Waals surface area contributed by atoms with Crippen LogP contribution in [0.15, 0.2) is 30.2 Å². The summed E-state index contributed by atoms with van der Waals surface area (Å²) in [6, 6.07) is 2.78. The van der Waals surface area contributed by atoms with Crippen LogP contribution >= 0.6 is 0 Å². The van der Waals surface area contributed by atoms with Gasteiger partial charge in [0.15, 0.2) is 11.6 Å². The topological polar surface area (TPSA) is 101 Å². The normalized spacial score (nSPS) is 14.6. The third-order valence-electron chi connectivity index (χ3n) is 5.21. The highest BCUT2D eigenvalue weighted by atomic mass is 19.1. The molecule has 32 heavy (non-hydrogen) atoms. The number of rotatable bonds is 7. The summed E-state index contributed by atoms with van der Waals surface area (Å²) in [5, 5.41) is 4.19. The number of allylic oxidation sites excluding steroid dienone is 1. The number of carbonyl (C=O) groups excluding carboxylic acids is 1. The van der Waals surface area contributed by atoms with Crippen LogP contribution in [0.5, 0.6) is 17.4 Å². The summed E-state index contributed by atoms with van der Waals surface area (Å²) < 4.78 is 33.5. The zero-order valence-corrected chi connectivity index (χ0v) is 18.4. The zero-order chi connectivity index (χ0) is 23.0. The number of hydrogen-bond donors (Lipinski definition) is 1. The Kier molecular flexibility index (Phi) is 5.84. The van der Waals surface area contributed by atoms with E-state index in [1.807, 2.05) is 26.0 Å². The highest BCUT2D eigenvalue weighted by Gasteiger charge is 2.21. The maximum absolute atomic E-state index is 15.0. The molecular weight excluding hydrogens is 415 g/mol. The second-order valence-corrected chi connectivity index (χ2v) is 8.04. The van der Waals surface area contributed by atoms with Crippen LogP contribution in [0.4, 0.5) is 4.39 Å². The second kappa shape index (κ2) is 8.58. The fraction of sp³-hybridized carbons (Fsp3) is 0.348. The number of carbonyl (C=O) groups is 1. The van der Waals surface area contributed by atoms with Gasteiger partial charge in [0.2, 0.25) is 5.88 Å². The maximum Gasteiger partial charge on any atom is 0.323 e. The molecule has 0 bridgehead atoms. The van der Waals surface area contributed by atoms with Crippen LogP contribution in [0.25, 0.3) is 11.6 Å². The van der Waals surface area contributed by atoms with Crippen molar-refractivity contribution in [3.63, 3.8) is 0 Å². The Morgan fingerprint density at radius 1 is 1.28 bits per heavy atom. The number of aryl methyl sites for hydroxylation is 1. The molecule has 4 rings (SSSR count). The number of esters is 1. The smallest absolute Gasteiger partial charge is 0.323 e. The van der Waals surface area contributed by atoms with Crippen molar-refractivity contribution in [3.8, 4) is 17.4 Å². The van der Waals surface area contributed by atoms with Crippen LogP contribution in [0, 0.1) is 12.7 Å². The van der Waals surface area contributed by atoms with Gasteiger partial charge in [-0.1, -0.05) is 17.7 Å². The predicted molar refractivity (Wildman–Crippen MR) is 116 cm³/mol. The first kappa shape index (κ1) is 21.8. The third-order valence-corrected chi connectivity index (χ3v) is 5.21. The lowest BCUT2D eigenvalue weighted by molar-refractivity contribution is -0.150. The van der Waals surface area contributed by atoms with Crippen LogP contribution in [-0.4, -0.2) is 39.3 Å². The Morgan fingerprint density at radius 2 is 2.06 bits per heavy atom. The summed E-state index contributed by atoms with van der Waals surface area (Å²) in [5.41, 5.74) is 9.37. The molecule has 0 fully saturated rings. The SMILES string of the molecule is CC1=Cc2c(ccc(Oc3ncnn4cc(OC[C@@H](C)OC(=O)C(C)N)c(C)c34)c2F)C1. The summed E-state index contributed by atoms with van der Waals surface area (Å²) >= 11 is 0. The Morgan fingerprint density at radius 3 is 2.81 bits per heavy atom. The van der Waals surface area contributed by atoms with E-state index in [0.29, 0.717) is 22.4 Å². The summed E-state index contributed by atoms with van der Waals surface area (Å²) in [7, 11) is 0. The van der Waals surface area contributed by atoms with Crippen LogP contribution in [0.1, 0.15) is 37.5 Å². The molecule has 1 unspecified atom stereocenters. The first-order valence-electron chi connectivity index (χ1n) is 10.3. The van der Waals surface area contributed by atoms with Gasteiger partial charge in [0.05, 0.1) is 6.20 Å². The summed E-state index contributed by atoms with van der Waals surface area (Å²) in [5.74, 6) is -0.0902. The van der Waals surface area contributed by atoms with Crippen molar-refractivity contribution in [2.75, 3.05) is 6.61 Å². The van der Waals surface area contributed by atoms with Crippen molar-refractivity contribution >= 4 is 17.6 Å². The average molecular weight is 440 g/mol. The van der Waals surface area contributed by atoms with E-state index >= 15 is 4.39 Å². The number of hydrogen-bond acceptors (Lipinski definition) is 7. The van der Waals surface area contributed by atoms with E-state index in [2.05, 4.69) is 10.1 Å². The minimum atomic E-state index is -0.703. The molecule has 1 aromatic carbocycles. The number of halogens is 1. The standard InChI is InChI=1S/C23H25FN4O4/c1-12-7-16-5-6-18(20(24)17(16)8-12)32-22-21-14(3)19(9-28(21)27-11-26-22)30-10-13(2)31-23(29)15(4)25/h5-6,8-9,11,13,15H,7,10,25H2,1-4H3/t13-,15?/m1/s1. The minimum absolute atomic E-state index is 0.0924. The van der Waals surface area contributed by atoms with Crippen LogP contribution in [0.3, 0.4) is 0 Å². The van der Waals surface area contributed by atoms with Gasteiger partial charge in [-0.05, 0) is 45.7 Å². The molecule has 8 nitrogen and oxygen atoms in total. The minimum Gasteiger partial charge on any atom is -0.488 e. The lowest BCUT2D eigenvalue weighted by atomic mass is 10.1. The van der Waals surface area contributed by atoms with Crippen molar-refractivity contribution in [2.24, 2.45) is 5.73 Å². The van der Waals surface area contributed by atoms with Gasteiger partial charge in [-0.15, -0.1) is 0 Å². The van der Waals surface area contributed by atoms with Gasteiger partial charge in [0.1, 0.15) is 36.3 Å². The summed E-state index contributed by atoms with van der Waals surface area (Å²) in [6.45, 7) is 7.20. The second-order valence-electron chi connectivity index (χ2n) is 8.04. The third kappa shape index (κ3) is 4.16. The number of nitrogens with two attached hydrogens (primary N) is 1. The average Bonchev–Trinajstić information content (AvgIpc) is 3.29. The first-order valence-corrected chi connectivity index (χ1v) is 10.3. The van der Waals surface area contributed by atoms with Crippen molar-refractivity contribution in [2.45, 2.75) is 46.3 Å². The number of nitrogens with zero attached hydrogens (tertiary/aromatic N) is 3. The van der Waals surface area contributed by atoms with Gasteiger partial charge < -0.3 is 19.9 Å². The van der Waals surface area contributed by atoms with Gasteiger partial charge in [-0.25, -0.2) is 8.91 Å². The van der Waals surface area contributed by atoms with Crippen molar-refractivity contribution < 1.29 is 23.4 Å². The maximum atomic E-state index is 15.0. The fourth-order valence-electron chi connectivity index (χ4n) is 3.58. The molecule has 1 aliphatic carbocycles. The molecule has 0 saturated carbocycles. The molecule has 1 aliphatic rings. The number of ether oxygens (including phenoxy) is 3. The fourth-order valence-corrected chi connectivity index (χ4v) is 3.58. The molecule has 2 aromatic heterocycles. The van der Waals surface area contributed by atoms with Gasteiger partial charge >= 0.3 is 5.97 Å². The van der Waals surface area contributed by atoms with Crippen molar-refractivity contribution in [1.82, 2.24) is 14.6 Å². The molecule has 3 aromatic rings. The zero-order valence-electron chi connectivity index (χ0n) is 18.4. The van der Waals surface area contributed by atoms with E-state index in [0.717, 1.165) is 17.6 Å². The Balaban J connectivity index is 1.57. The molecule has 0 aliphatic heterocycles. The van der Waals surface area contributed by atoms with Gasteiger partial charge in [0, 0.05) is 11.1 Å². The van der Waals surface area contributed by atoms with Crippen LogP contribution in [0.2, 0.25) is 0 Å². The number of fused-ring (bicyclic) bond motifs is 2. The lowest BCUT2D eigenvalue weighted by Gasteiger charge is -2.15. The van der Waals surface area contributed by atoms with Crippen LogP contribution < -0.4 is 15.2 Å². The summed E-state index contributed by atoms with van der Waals surface area (Å²) in [6.07, 6.45) is 5.08. The molecule has 0 amide bonds. The Hall–Kier alpha value is -3.46. The molecule has 9 heteroatoms. The molecule has 2 heterocycles. The highest BCUT2D eigenvalue weighted by molar-refractivity contribution is 5.75. The molecule has 0 spiro atoms. The van der Waals surface area contributed by atoms with Crippen molar-refractivity contribution in [3.05, 3.63) is 52.7 Å². The summed E-state index contributed by atoms with van der Waals surface area (Å²) in [4.78, 5) is 15.8. The molecular formula is C23H25FN4O4. The highest BCUT2D eigenvalue weighted by Crippen LogP contribution is 2.36. The van der Waals surface area contributed by atoms with Crippen LogP contribution in [-0.2, 0) is 16.0 Å². The van der Waals surface area contributed by atoms with E-state index in [1.165, 1.54) is 6.33 Å². The van der Waals surface area contributed by atoms with E-state index < -0.39 is 23.9 Å². The molecule has 2 N–H and O–H groups in total. The first-order chi connectivity index (χ1) is 15.2. The largest absolute Gasteiger partial charge is 0.488 e. The van der Waals surface area contributed by atoms with E-state index in [1.54, 1.807) is 30.6 Å². The molecule has 2 atom stereocenters. The number of aromatic nitrogens is 3. The quantitative estimate of drug-likeness (QED) is 0.560. The van der Waals surface area contributed by atoms with Gasteiger partial charge in [-0.2, -0.15) is 10.1 Å². The molecule has 0 saturated heterocycles. The predicted octanol–water partition coefficient (Wildman–Crippen LogP) is 3.59. The molecule has 168 valence electrons. The van der Waals surface area contributed by atoms with E-state index in [4.69, 9.17) is 19.9 Å². The Labute approximate surface area is 184 Å². The van der Waals surface area contributed by atoms with Crippen molar-refractivity contribution in [1.29, 1.82) is 0 Å². The van der Waals surface area contributed by atoms with E-state index in [9.17, 15) is 4.79 Å². The van der Waals surface area contributed by atoms with Gasteiger partial charge in [0.25, 0.3) is 0 Å². The Bertz CT molecular complexity index is 1220. The van der Waals surface area contributed by atoms with Gasteiger partial charge in [-0.3, -0.25) is 4.79 Å². The monoisotopic (exact) mass is 440 g/mol. The van der Waals surface area contributed by atoms with E-state index in [-0.39, 0.29) is 18.2 Å². The number of benzene rings is 1.